The lowest BCUT2D eigenvalue weighted by molar-refractivity contribution is -0.769. The first-order valence-corrected chi connectivity index (χ1v) is 5.78. The summed E-state index contributed by atoms with van der Waals surface area (Å²) in [5, 5.41) is 30.5. The van der Waals surface area contributed by atoms with Gasteiger partial charge in [0.15, 0.2) is 0 Å². The van der Waals surface area contributed by atoms with Crippen molar-refractivity contribution in [3.63, 3.8) is 0 Å². The predicted octanol–water partition coefficient (Wildman–Crippen LogP) is 2.15. The van der Waals surface area contributed by atoms with Gasteiger partial charge < -0.3 is 4.84 Å². The molecule has 0 fully saturated rings. The number of nitro benzene ring substituents is 2. The van der Waals surface area contributed by atoms with Gasteiger partial charge >= 0.3 is 0 Å². The lowest BCUT2D eigenvalue weighted by Gasteiger charge is -2.12. The van der Waals surface area contributed by atoms with Crippen LogP contribution in [-0.4, -0.2) is 20.3 Å². The van der Waals surface area contributed by atoms with Gasteiger partial charge in [0.1, 0.15) is 6.10 Å². The van der Waals surface area contributed by atoms with E-state index in [0.29, 0.717) is 0 Å². The Kier molecular flexibility index (Phi) is 4.69. The summed E-state index contributed by atoms with van der Waals surface area (Å²) >= 11 is 2.93. The molecule has 0 aliphatic rings. The quantitative estimate of drug-likeness (QED) is 0.440. The van der Waals surface area contributed by atoms with Crippen LogP contribution in [0, 0.1) is 30.3 Å². The van der Waals surface area contributed by atoms with Crippen molar-refractivity contribution in [2.45, 2.75) is 6.10 Å². The van der Waals surface area contributed by atoms with Crippen molar-refractivity contribution in [1.82, 2.24) is 0 Å². The average Bonchev–Trinajstić information content (AvgIpc) is 2.34. The van der Waals surface area contributed by atoms with Crippen molar-refractivity contribution in [2.24, 2.45) is 0 Å². The Morgan fingerprint density at radius 2 is 1.79 bits per heavy atom. The number of non-ortho nitro benzene ring substituents is 1. The fraction of sp³-hybridized carbons (Fsp3) is 0.250. The summed E-state index contributed by atoms with van der Waals surface area (Å²) in [6.45, 7) is 0. The van der Waals surface area contributed by atoms with Crippen molar-refractivity contribution >= 4 is 27.3 Å². The van der Waals surface area contributed by atoms with E-state index in [1.165, 1.54) is 0 Å². The fourth-order valence-electron chi connectivity index (χ4n) is 1.35. The highest BCUT2D eigenvalue weighted by Gasteiger charge is 2.27. The van der Waals surface area contributed by atoms with E-state index in [-0.39, 0.29) is 10.9 Å². The molecule has 0 aliphatic heterocycles. The van der Waals surface area contributed by atoms with Crippen molar-refractivity contribution in [3.05, 3.63) is 54.1 Å². The number of rotatable bonds is 6. The van der Waals surface area contributed by atoms with E-state index in [1.807, 2.05) is 0 Å². The molecule has 1 atom stereocenters. The predicted molar refractivity (Wildman–Crippen MR) is 64.4 cm³/mol. The smallest absolute Gasteiger partial charge is 0.295 e. The highest BCUT2D eigenvalue weighted by Crippen LogP contribution is 2.32. The second kappa shape index (κ2) is 6.04. The first kappa shape index (κ1) is 14.8. The Labute approximate surface area is 113 Å². The third-order valence-corrected chi connectivity index (χ3v) is 2.71. The van der Waals surface area contributed by atoms with Gasteiger partial charge in [0, 0.05) is 11.4 Å². The zero-order chi connectivity index (χ0) is 14.6. The van der Waals surface area contributed by atoms with Crippen LogP contribution < -0.4 is 0 Å². The maximum Gasteiger partial charge on any atom is 0.295 e. The average molecular weight is 336 g/mol. The van der Waals surface area contributed by atoms with Gasteiger partial charge in [0.25, 0.3) is 16.5 Å². The van der Waals surface area contributed by atoms with Gasteiger partial charge in [-0.25, -0.2) is 0 Å². The molecule has 19 heavy (non-hydrogen) atoms. The van der Waals surface area contributed by atoms with Gasteiger partial charge in [0.2, 0.25) is 0 Å². The summed E-state index contributed by atoms with van der Waals surface area (Å²) in [6.07, 6.45) is -1.23. The number of hydrogen-bond acceptors (Lipinski definition) is 7. The molecule has 1 aromatic rings. The first-order valence-electron chi connectivity index (χ1n) is 4.66. The van der Waals surface area contributed by atoms with E-state index in [9.17, 15) is 30.3 Å². The maximum atomic E-state index is 10.8. The molecular weight excluding hydrogens is 330 g/mol. The molecule has 10 nitrogen and oxygen atoms in total. The monoisotopic (exact) mass is 335 g/mol. The second-order valence-electron chi connectivity index (χ2n) is 3.23. The molecule has 1 rings (SSSR count). The molecule has 1 aromatic carbocycles. The molecule has 0 bridgehead atoms. The van der Waals surface area contributed by atoms with Crippen LogP contribution in [0.15, 0.2) is 18.2 Å². The molecule has 1 unspecified atom stereocenters. The second-order valence-corrected chi connectivity index (χ2v) is 3.88. The molecule has 0 amide bonds. The normalized spacial score (nSPS) is 11.6. The van der Waals surface area contributed by atoms with Crippen LogP contribution in [-0.2, 0) is 4.84 Å². The Hall–Kier alpha value is -2.30. The molecule has 0 aliphatic carbocycles. The lowest BCUT2D eigenvalue weighted by atomic mass is 10.1. The van der Waals surface area contributed by atoms with Crippen LogP contribution in [0.1, 0.15) is 11.7 Å². The summed E-state index contributed by atoms with van der Waals surface area (Å²) in [4.78, 5) is 34.3. The molecule has 0 saturated heterocycles. The minimum absolute atomic E-state index is 0.0768. The standard InChI is InChI=1S/C8H6BrN3O7/c9-4-8(19-12(17)18)6-2-1-5(10(13)14)3-7(6)11(15)16/h1-3,8H,4H2. The van der Waals surface area contributed by atoms with E-state index in [1.54, 1.807) is 0 Å². The molecule has 0 saturated carbocycles. The van der Waals surface area contributed by atoms with Crippen molar-refractivity contribution < 1.29 is 19.8 Å². The van der Waals surface area contributed by atoms with Gasteiger partial charge in [-0.05, 0) is 6.07 Å². The summed E-state index contributed by atoms with van der Waals surface area (Å²) in [6, 6.07) is 2.81. The van der Waals surface area contributed by atoms with Gasteiger partial charge in [-0.15, -0.1) is 10.1 Å². The van der Waals surface area contributed by atoms with Crippen LogP contribution in [0.4, 0.5) is 11.4 Å². The number of nitro groups is 2. The Morgan fingerprint density at radius 3 is 2.21 bits per heavy atom. The first-order chi connectivity index (χ1) is 8.86. The van der Waals surface area contributed by atoms with Crippen molar-refractivity contribution in [1.29, 1.82) is 0 Å². The Balaban J connectivity index is 3.29. The number of halogens is 1. The van der Waals surface area contributed by atoms with E-state index in [4.69, 9.17) is 0 Å². The third-order valence-electron chi connectivity index (χ3n) is 2.12. The molecule has 0 radical (unpaired) electrons. The summed E-state index contributed by atoms with van der Waals surface area (Å²) in [5.41, 5.74) is -1.21. The zero-order valence-electron chi connectivity index (χ0n) is 9.09. The Bertz CT molecular complexity index is 535. The van der Waals surface area contributed by atoms with Crippen LogP contribution in [0.2, 0.25) is 0 Å². The number of nitrogens with zero attached hydrogens (tertiary/aromatic N) is 3. The number of benzene rings is 1. The fourth-order valence-corrected chi connectivity index (χ4v) is 1.81. The molecule has 0 aromatic heterocycles. The van der Waals surface area contributed by atoms with Gasteiger partial charge in [-0.3, -0.25) is 20.2 Å². The Morgan fingerprint density at radius 1 is 1.16 bits per heavy atom. The SMILES string of the molecule is O=[N+]([O-])OC(CBr)c1ccc([N+](=O)[O-])cc1[N+](=O)[O-]. The summed E-state index contributed by atoms with van der Waals surface area (Å²) in [5.74, 6) is 0. The van der Waals surface area contributed by atoms with E-state index < -0.39 is 32.4 Å². The van der Waals surface area contributed by atoms with Crippen LogP contribution in [0.25, 0.3) is 0 Å². The van der Waals surface area contributed by atoms with Crippen molar-refractivity contribution in [3.8, 4) is 0 Å². The van der Waals surface area contributed by atoms with Crippen LogP contribution in [0.3, 0.4) is 0 Å². The lowest BCUT2D eigenvalue weighted by Crippen LogP contribution is -2.12. The molecule has 102 valence electrons. The van der Waals surface area contributed by atoms with E-state index >= 15 is 0 Å². The molecule has 0 spiro atoms. The highest BCUT2D eigenvalue weighted by atomic mass is 79.9. The number of alkyl halides is 1. The van der Waals surface area contributed by atoms with Gasteiger partial charge in [-0.2, -0.15) is 0 Å². The summed E-state index contributed by atoms with van der Waals surface area (Å²) in [7, 11) is 0. The van der Waals surface area contributed by atoms with E-state index in [0.717, 1.165) is 18.2 Å². The highest BCUT2D eigenvalue weighted by molar-refractivity contribution is 9.09. The van der Waals surface area contributed by atoms with Gasteiger partial charge in [0.05, 0.1) is 21.5 Å². The molecule has 11 heteroatoms. The minimum Gasteiger partial charge on any atom is -0.305 e. The molecular formula is C8H6BrN3O7. The van der Waals surface area contributed by atoms with Crippen molar-refractivity contribution in [2.75, 3.05) is 5.33 Å². The van der Waals surface area contributed by atoms with Crippen LogP contribution in [0.5, 0.6) is 0 Å². The third kappa shape index (κ3) is 3.58. The largest absolute Gasteiger partial charge is 0.305 e. The number of hydrogen-bond donors (Lipinski definition) is 0. The molecule has 0 N–H and O–H groups in total. The summed E-state index contributed by atoms with van der Waals surface area (Å²) < 4.78 is 0. The maximum absolute atomic E-state index is 10.8. The topological polar surface area (TPSA) is 139 Å². The zero-order valence-corrected chi connectivity index (χ0v) is 10.7. The van der Waals surface area contributed by atoms with Gasteiger partial charge in [-0.1, -0.05) is 15.9 Å². The molecule has 0 heterocycles. The minimum atomic E-state index is -1.23. The van der Waals surface area contributed by atoms with E-state index in [2.05, 4.69) is 20.8 Å². The van der Waals surface area contributed by atoms with Crippen LogP contribution >= 0.6 is 15.9 Å².